The fourth-order valence-electron chi connectivity index (χ4n) is 1.72. The molecule has 0 unspecified atom stereocenters. The lowest BCUT2D eigenvalue weighted by atomic mass is 10.2. The number of benzene rings is 2. The van der Waals surface area contributed by atoms with Gasteiger partial charge >= 0.3 is 0 Å². The van der Waals surface area contributed by atoms with Gasteiger partial charge in [0.1, 0.15) is 5.75 Å². The third-order valence-corrected chi connectivity index (χ3v) is 3.71. The quantitative estimate of drug-likeness (QED) is 0.506. The van der Waals surface area contributed by atoms with Crippen LogP contribution in [0.3, 0.4) is 0 Å². The lowest BCUT2D eigenvalue weighted by Gasteiger charge is -2.11. The van der Waals surface area contributed by atoms with Crippen molar-refractivity contribution in [3.63, 3.8) is 0 Å². The van der Waals surface area contributed by atoms with Gasteiger partial charge in [0.15, 0.2) is 0 Å². The van der Waals surface area contributed by atoms with Crippen LogP contribution in [0.25, 0.3) is 0 Å². The molecule has 2 rings (SSSR count). The molecule has 0 aliphatic rings. The van der Waals surface area contributed by atoms with Gasteiger partial charge in [-0.3, -0.25) is 5.43 Å². The summed E-state index contributed by atoms with van der Waals surface area (Å²) < 4.78 is 7.67. The van der Waals surface area contributed by atoms with Gasteiger partial charge in [-0.05, 0) is 46.6 Å². The van der Waals surface area contributed by atoms with Crippen LogP contribution in [-0.4, -0.2) is 12.8 Å². The van der Waals surface area contributed by atoms with Crippen LogP contribution < -0.4 is 10.2 Å². The zero-order chi connectivity index (χ0) is 15.1. The van der Waals surface area contributed by atoms with Gasteiger partial charge in [-0.1, -0.05) is 41.1 Å². The normalized spacial score (nSPS) is 10.8. The van der Waals surface area contributed by atoms with E-state index in [9.17, 15) is 0 Å². The Bertz CT molecular complexity index is 615. The van der Waals surface area contributed by atoms with Crippen molar-refractivity contribution >= 4 is 43.8 Å². The van der Waals surface area contributed by atoms with Gasteiger partial charge in [0.25, 0.3) is 0 Å². The van der Waals surface area contributed by atoms with E-state index < -0.39 is 0 Å². The van der Waals surface area contributed by atoms with Crippen molar-refractivity contribution in [2.45, 2.75) is 13.3 Å². The third-order valence-electron chi connectivity index (χ3n) is 2.66. The summed E-state index contributed by atoms with van der Waals surface area (Å²) in [5.74, 6) is 0.804. The van der Waals surface area contributed by atoms with Crippen LogP contribution >= 0.6 is 31.9 Å². The molecule has 110 valence electrons. The number of para-hydroxylation sites is 1. The maximum atomic E-state index is 5.79. The second-order valence-corrected chi connectivity index (χ2v) is 6.16. The standard InChI is InChI=1S/C16H16Br2N2O/c1-2-8-21-16-12(9-13(17)10-15(16)18)11-19-20-14-6-4-3-5-7-14/h3-7,9-11,20H,2,8H2,1H3. The molecule has 0 aliphatic carbocycles. The summed E-state index contributed by atoms with van der Waals surface area (Å²) in [5, 5.41) is 4.27. The van der Waals surface area contributed by atoms with Crippen molar-refractivity contribution in [1.82, 2.24) is 0 Å². The van der Waals surface area contributed by atoms with Gasteiger partial charge in [0.2, 0.25) is 0 Å². The summed E-state index contributed by atoms with van der Waals surface area (Å²) in [6.45, 7) is 2.75. The lowest BCUT2D eigenvalue weighted by Crippen LogP contribution is -2.00. The molecular weight excluding hydrogens is 396 g/mol. The summed E-state index contributed by atoms with van der Waals surface area (Å²) >= 11 is 7.01. The van der Waals surface area contributed by atoms with Crippen molar-refractivity contribution in [2.75, 3.05) is 12.0 Å². The molecule has 5 heteroatoms. The van der Waals surface area contributed by atoms with Crippen LogP contribution in [0.15, 0.2) is 56.5 Å². The highest BCUT2D eigenvalue weighted by Crippen LogP contribution is 2.32. The number of halogens is 2. The molecule has 0 fully saturated rings. The fourth-order valence-corrected chi connectivity index (χ4v) is 3.09. The SMILES string of the molecule is CCCOc1c(Br)cc(Br)cc1C=NNc1ccccc1. The first-order valence-corrected chi connectivity index (χ1v) is 8.25. The van der Waals surface area contributed by atoms with E-state index in [0.717, 1.165) is 32.4 Å². The van der Waals surface area contributed by atoms with Crippen molar-refractivity contribution in [1.29, 1.82) is 0 Å². The Morgan fingerprint density at radius 1 is 1.19 bits per heavy atom. The molecule has 2 aromatic carbocycles. The smallest absolute Gasteiger partial charge is 0.142 e. The third kappa shape index (κ3) is 4.86. The molecule has 21 heavy (non-hydrogen) atoms. The molecule has 0 heterocycles. The highest BCUT2D eigenvalue weighted by atomic mass is 79.9. The first-order chi connectivity index (χ1) is 10.2. The predicted octanol–water partition coefficient (Wildman–Crippen LogP) is 5.45. The molecule has 0 aromatic heterocycles. The zero-order valence-electron chi connectivity index (χ0n) is 11.6. The monoisotopic (exact) mass is 410 g/mol. The van der Waals surface area contributed by atoms with Gasteiger partial charge in [-0.2, -0.15) is 5.10 Å². The van der Waals surface area contributed by atoms with Crippen LogP contribution in [0, 0.1) is 0 Å². The molecule has 3 nitrogen and oxygen atoms in total. The van der Waals surface area contributed by atoms with Crippen molar-refractivity contribution in [3.8, 4) is 5.75 Å². The largest absolute Gasteiger partial charge is 0.492 e. The van der Waals surface area contributed by atoms with E-state index in [0.29, 0.717) is 6.61 Å². The lowest BCUT2D eigenvalue weighted by molar-refractivity contribution is 0.315. The number of hydrogen-bond donors (Lipinski definition) is 1. The number of ether oxygens (including phenoxy) is 1. The molecule has 1 N–H and O–H groups in total. The fraction of sp³-hybridized carbons (Fsp3) is 0.188. The molecule has 0 amide bonds. The van der Waals surface area contributed by atoms with E-state index in [1.807, 2.05) is 42.5 Å². The van der Waals surface area contributed by atoms with E-state index >= 15 is 0 Å². The molecule has 0 saturated heterocycles. The Kier molecular flexibility index (Phi) is 6.26. The second kappa shape index (κ2) is 8.20. The maximum absolute atomic E-state index is 5.79. The number of rotatable bonds is 6. The van der Waals surface area contributed by atoms with Crippen molar-refractivity contribution in [3.05, 3.63) is 57.0 Å². The van der Waals surface area contributed by atoms with E-state index in [4.69, 9.17) is 4.74 Å². The Balaban J connectivity index is 2.17. The van der Waals surface area contributed by atoms with E-state index in [1.54, 1.807) is 6.21 Å². The summed E-state index contributed by atoms with van der Waals surface area (Å²) in [7, 11) is 0. The second-order valence-electron chi connectivity index (χ2n) is 4.39. The zero-order valence-corrected chi connectivity index (χ0v) is 14.8. The molecular formula is C16H16Br2N2O. The van der Waals surface area contributed by atoms with Gasteiger partial charge < -0.3 is 4.74 Å². The molecule has 2 aromatic rings. The number of anilines is 1. The van der Waals surface area contributed by atoms with Crippen LogP contribution in [0.5, 0.6) is 5.75 Å². The van der Waals surface area contributed by atoms with Gasteiger partial charge in [0, 0.05) is 10.0 Å². The van der Waals surface area contributed by atoms with E-state index in [1.165, 1.54) is 0 Å². The minimum absolute atomic E-state index is 0.674. The van der Waals surface area contributed by atoms with E-state index in [-0.39, 0.29) is 0 Å². The topological polar surface area (TPSA) is 33.6 Å². The Morgan fingerprint density at radius 3 is 2.67 bits per heavy atom. The Hall–Kier alpha value is -1.33. The number of nitrogens with zero attached hydrogens (tertiary/aromatic N) is 1. The molecule has 0 radical (unpaired) electrons. The Morgan fingerprint density at radius 2 is 1.95 bits per heavy atom. The highest BCUT2D eigenvalue weighted by molar-refractivity contribution is 9.11. The van der Waals surface area contributed by atoms with E-state index in [2.05, 4.69) is 49.3 Å². The van der Waals surface area contributed by atoms with Crippen molar-refractivity contribution < 1.29 is 4.74 Å². The van der Waals surface area contributed by atoms with Crippen LogP contribution in [-0.2, 0) is 0 Å². The number of hydrogen-bond acceptors (Lipinski definition) is 3. The average Bonchev–Trinajstić information content (AvgIpc) is 2.47. The highest BCUT2D eigenvalue weighted by Gasteiger charge is 2.08. The van der Waals surface area contributed by atoms with Gasteiger partial charge in [0.05, 0.1) is 23.0 Å². The van der Waals surface area contributed by atoms with Crippen LogP contribution in [0.2, 0.25) is 0 Å². The van der Waals surface area contributed by atoms with Gasteiger partial charge in [-0.25, -0.2) is 0 Å². The first-order valence-electron chi connectivity index (χ1n) is 6.66. The predicted molar refractivity (Wildman–Crippen MR) is 95.3 cm³/mol. The van der Waals surface area contributed by atoms with Crippen LogP contribution in [0.4, 0.5) is 5.69 Å². The molecule has 0 saturated carbocycles. The maximum Gasteiger partial charge on any atom is 0.142 e. The summed E-state index contributed by atoms with van der Waals surface area (Å²) in [5.41, 5.74) is 4.85. The summed E-state index contributed by atoms with van der Waals surface area (Å²) in [6, 6.07) is 13.8. The minimum atomic E-state index is 0.674. The van der Waals surface area contributed by atoms with Gasteiger partial charge in [-0.15, -0.1) is 0 Å². The average molecular weight is 412 g/mol. The minimum Gasteiger partial charge on any atom is -0.492 e. The molecule has 0 bridgehead atoms. The van der Waals surface area contributed by atoms with Crippen molar-refractivity contribution in [2.24, 2.45) is 5.10 Å². The molecule has 0 spiro atoms. The number of nitrogens with one attached hydrogen (secondary N) is 1. The first kappa shape index (κ1) is 16.0. The summed E-state index contributed by atoms with van der Waals surface area (Å²) in [6.07, 6.45) is 2.72. The Labute approximate surface area is 141 Å². The molecule has 0 atom stereocenters. The molecule has 0 aliphatic heterocycles. The summed E-state index contributed by atoms with van der Waals surface area (Å²) in [4.78, 5) is 0. The number of hydrazone groups is 1. The van der Waals surface area contributed by atoms with Crippen LogP contribution in [0.1, 0.15) is 18.9 Å².